The van der Waals surface area contributed by atoms with Crippen molar-refractivity contribution in [3.05, 3.63) is 63.9 Å². The quantitative estimate of drug-likeness (QED) is 0.567. The molecule has 0 aromatic heterocycles. The van der Waals surface area contributed by atoms with Gasteiger partial charge in [-0.3, -0.25) is 13.9 Å². The summed E-state index contributed by atoms with van der Waals surface area (Å²) in [5.41, 5.74) is 0.204. The summed E-state index contributed by atoms with van der Waals surface area (Å²) in [5, 5.41) is 2.92. The fourth-order valence-corrected chi connectivity index (χ4v) is 4.28. The molecule has 11 heteroatoms. The van der Waals surface area contributed by atoms with Crippen LogP contribution in [0, 0.1) is 5.82 Å². The second kappa shape index (κ2) is 11.0. The Kier molecular flexibility index (Phi) is 8.89. The lowest BCUT2D eigenvalue weighted by atomic mass is 10.1. The molecule has 2 amide bonds. The molecule has 7 nitrogen and oxygen atoms in total. The maximum atomic E-state index is 14.3. The van der Waals surface area contributed by atoms with Crippen molar-refractivity contribution in [1.29, 1.82) is 0 Å². The molecule has 0 aliphatic heterocycles. The highest BCUT2D eigenvalue weighted by atomic mass is 35.5. The first-order chi connectivity index (χ1) is 15.0. The van der Waals surface area contributed by atoms with Gasteiger partial charge in [0.2, 0.25) is 21.8 Å². The molecular formula is C21H24Cl2FN3O4S. The van der Waals surface area contributed by atoms with Gasteiger partial charge in [0.25, 0.3) is 0 Å². The molecular weight excluding hydrogens is 480 g/mol. The van der Waals surface area contributed by atoms with Gasteiger partial charge in [-0.05, 0) is 38.1 Å². The van der Waals surface area contributed by atoms with Crippen LogP contribution in [0.1, 0.15) is 19.4 Å². The number of nitrogens with zero attached hydrogens (tertiary/aromatic N) is 2. The van der Waals surface area contributed by atoms with E-state index in [-0.39, 0.29) is 27.8 Å². The molecule has 32 heavy (non-hydrogen) atoms. The SMILES string of the molecule is CCNC(=O)[C@H](C)N(Cc1ccccc1F)C(=O)CN(c1cc(Cl)ccc1Cl)S(C)(=O)=O. The molecule has 0 saturated heterocycles. The monoisotopic (exact) mass is 503 g/mol. The van der Waals surface area contributed by atoms with Crippen LogP contribution in [0.3, 0.4) is 0 Å². The number of anilines is 1. The van der Waals surface area contributed by atoms with Crippen LogP contribution in [-0.2, 0) is 26.2 Å². The van der Waals surface area contributed by atoms with Gasteiger partial charge >= 0.3 is 0 Å². The van der Waals surface area contributed by atoms with E-state index in [0.717, 1.165) is 15.5 Å². The van der Waals surface area contributed by atoms with Crippen molar-refractivity contribution in [1.82, 2.24) is 10.2 Å². The molecule has 0 radical (unpaired) electrons. The molecule has 0 heterocycles. The van der Waals surface area contributed by atoms with Crippen LogP contribution in [0.5, 0.6) is 0 Å². The number of carbonyl (C=O) groups is 2. The highest BCUT2D eigenvalue weighted by molar-refractivity contribution is 7.92. The zero-order chi connectivity index (χ0) is 24.1. The van der Waals surface area contributed by atoms with E-state index in [0.29, 0.717) is 6.54 Å². The molecule has 2 aromatic rings. The van der Waals surface area contributed by atoms with E-state index >= 15 is 0 Å². The number of hydrogen-bond donors (Lipinski definition) is 1. The lowest BCUT2D eigenvalue weighted by Crippen LogP contribution is -2.51. The number of halogens is 3. The van der Waals surface area contributed by atoms with Crippen LogP contribution < -0.4 is 9.62 Å². The van der Waals surface area contributed by atoms with Crippen LogP contribution in [0.25, 0.3) is 0 Å². The molecule has 2 rings (SSSR count). The average Bonchev–Trinajstić information content (AvgIpc) is 2.72. The van der Waals surface area contributed by atoms with Crippen molar-refractivity contribution < 1.29 is 22.4 Å². The number of rotatable bonds is 9. The standard InChI is InChI=1S/C21H24Cl2FN3O4S/c1-4-25-21(29)14(2)26(12-15-7-5-6-8-18(15)24)20(28)13-27(32(3,30)31)19-11-16(22)9-10-17(19)23/h5-11,14H,4,12-13H2,1-3H3,(H,25,29)/t14-/m0/s1. The number of likely N-dealkylation sites (N-methyl/N-ethyl adjacent to an activating group) is 1. The van der Waals surface area contributed by atoms with E-state index in [1.54, 1.807) is 13.0 Å². The zero-order valence-electron chi connectivity index (χ0n) is 17.8. The van der Waals surface area contributed by atoms with Gasteiger partial charge in [0, 0.05) is 23.7 Å². The fourth-order valence-electron chi connectivity index (χ4n) is 2.99. The van der Waals surface area contributed by atoms with Crippen molar-refractivity contribution in [3.8, 4) is 0 Å². The lowest BCUT2D eigenvalue weighted by molar-refractivity contribution is -0.139. The normalized spacial score (nSPS) is 12.2. The van der Waals surface area contributed by atoms with Crippen molar-refractivity contribution >= 4 is 50.7 Å². The van der Waals surface area contributed by atoms with Gasteiger partial charge in [0.05, 0.1) is 17.0 Å². The predicted molar refractivity (Wildman–Crippen MR) is 124 cm³/mol. The Morgan fingerprint density at radius 1 is 1.16 bits per heavy atom. The van der Waals surface area contributed by atoms with E-state index < -0.39 is 40.2 Å². The van der Waals surface area contributed by atoms with Crippen LogP contribution in [-0.4, -0.2) is 50.5 Å². The Hall–Kier alpha value is -2.36. The van der Waals surface area contributed by atoms with Gasteiger partial charge in [-0.25, -0.2) is 12.8 Å². The smallest absolute Gasteiger partial charge is 0.244 e. The third-order valence-electron chi connectivity index (χ3n) is 4.67. The van der Waals surface area contributed by atoms with Crippen molar-refractivity contribution in [2.24, 2.45) is 0 Å². The Labute approximate surface area is 197 Å². The Balaban J connectivity index is 2.45. The molecule has 0 unspecified atom stereocenters. The largest absolute Gasteiger partial charge is 0.355 e. The summed E-state index contributed by atoms with van der Waals surface area (Å²) in [5.74, 6) is -1.72. The van der Waals surface area contributed by atoms with Gasteiger partial charge in [-0.15, -0.1) is 0 Å². The van der Waals surface area contributed by atoms with Crippen molar-refractivity contribution in [2.75, 3.05) is 23.7 Å². The first kappa shape index (κ1) is 25.9. The fraction of sp³-hybridized carbons (Fsp3) is 0.333. The average molecular weight is 504 g/mol. The van der Waals surface area contributed by atoms with E-state index in [2.05, 4.69) is 5.32 Å². The maximum absolute atomic E-state index is 14.3. The number of carbonyl (C=O) groups excluding carboxylic acids is 2. The van der Waals surface area contributed by atoms with Gasteiger partial charge < -0.3 is 10.2 Å². The highest BCUT2D eigenvalue weighted by Gasteiger charge is 2.31. The molecule has 2 aromatic carbocycles. The van der Waals surface area contributed by atoms with E-state index in [9.17, 15) is 22.4 Å². The van der Waals surface area contributed by atoms with E-state index in [1.807, 2.05) is 0 Å². The Morgan fingerprint density at radius 2 is 1.81 bits per heavy atom. The number of benzene rings is 2. The topological polar surface area (TPSA) is 86.8 Å². The number of amides is 2. The van der Waals surface area contributed by atoms with Crippen molar-refractivity contribution in [3.63, 3.8) is 0 Å². The minimum absolute atomic E-state index is 0.0199. The Bertz CT molecular complexity index is 1100. The van der Waals surface area contributed by atoms with Gasteiger partial charge in [0.1, 0.15) is 18.4 Å². The van der Waals surface area contributed by atoms with Gasteiger partial charge in [-0.2, -0.15) is 0 Å². The van der Waals surface area contributed by atoms with E-state index in [1.165, 1.54) is 43.3 Å². The van der Waals surface area contributed by atoms with Crippen LogP contribution >= 0.6 is 23.2 Å². The minimum atomic E-state index is -3.95. The molecule has 0 bridgehead atoms. The molecule has 0 spiro atoms. The summed E-state index contributed by atoms with van der Waals surface area (Å²) >= 11 is 12.2. The molecule has 0 aliphatic rings. The maximum Gasteiger partial charge on any atom is 0.244 e. The number of hydrogen-bond acceptors (Lipinski definition) is 4. The highest BCUT2D eigenvalue weighted by Crippen LogP contribution is 2.31. The van der Waals surface area contributed by atoms with E-state index in [4.69, 9.17) is 23.2 Å². The number of nitrogens with one attached hydrogen (secondary N) is 1. The van der Waals surface area contributed by atoms with Crippen LogP contribution in [0.2, 0.25) is 10.0 Å². The molecule has 1 N–H and O–H groups in total. The summed E-state index contributed by atoms with van der Waals surface area (Å²) in [6.45, 7) is 2.65. The second-order valence-corrected chi connectivity index (χ2v) is 9.80. The van der Waals surface area contributed by atoms with Crippen LogP contribution in [0.4, 0.5) is 10.1 Å². The lowest BCUT2D eigenvalue weighted by Gasteiger charge is -2.31. The summed E-state index contributed by atoms with van der Waals surface area (Å²) < 4.78 is 40.0. The van der Waals surface area contributed by atoms with Gasteiger partial charge in [0.15, 0.2) is 0 Å². The summed E-state index contributed by atoms with van der Waals surface area (Å²) in [7, 11) is -3.95. The van der Waals surface area contributed by atoms with Crippen molar-refractivity contribution in [2.45, 2.75) is 26.4 Å². The number of sulfonamides is 1. The molecule has 0 fully saturated rings. The third kappa shape index (κ3) is 6.57. The molecule has 1 atom stereocenters. The van der Waals surface area contributed by atoms with Gasteiger partial charge in [-0.1, -0.05) is 41.4 Å². The Morgan fingerprint density at radius 3 is 2.41 bits per heavy atom. The molecule has 0 saturated carbocycles. The minimum Gasteiger partial charge on any atom is -0.355 e. The summed E-state index contributed by atoms with van der Waals surface area (Å²) in [4.78, 5) is 26.8. The molecule has 174 valence electrons. The second-order valence-electron chi connectivity index (χ2n) is 7.05. The first-order valence-electron chi connectivity index (χ1n) is 9.69. The zero-order valence-corrected chi connectivity index (χ0v) is 20.1. The third-order valence-corrected chi connectivity index (χ3v) is 6.35. The molecule has 0 aliphatic carbocycles. The summed E-state index contributed by atoms with van der Waals surface area (Å²) in [6.07, 6.45) is 0.923. The summed E-state index contributed by atoms with van der Waals surface area (Å²) in [6, 6.07) is 9.07. The predicted octanol–water partition coefficient (Wildman–Crippen LogP) is 3.45. The first-order valence-corrected chi connectivity index (χ1v) is 12.3. The van der Waals surface area contributed by atoms with Crippen LogP contribution in [0.15, 0.2) is 42.5 Å².